The molecular formula is C9H10N4. The molecule has 0 aliphatic rings. The third-order valence-electron chi connectivity index (χ3n) is 1.82. The van der Waals surface area contributed by atoms with Crippen molar-refractivity contribution in [3.8, 4) is 11.3 Å². The number of pyridine rings is 1. The minimum absolute atomic E-state index is 0.662. The molecule has 2 rings (SSSR count). The Labute approximate surface area is 75.8 Å². The lowest BCUT2D eigenvalue weighted by atomic mass is 10.2. The van der Waals surface area contributed by atoms with E-state index in [-0.39, 0.29) is 0 Å². The van der Waals surface area contributed by atoms with E-state index in [2.05, 4.69) is 15.4 Å². The van der Waals surface area contributed by atoms with Crippen molar-refractivity contribution in [3.63, 3.8) is 0 Å². The van der Waals surface area contributed by atoms with E-state index in [4.69, 9.17) is 5.84 Å². The van der Waals surface area contributed by atoms with Crippen LogP contribution in [0.15, 0.2) is 36.7 Å². The van der Waals surface area contributed by atoms with Gasteiger partial charge in [0.1, 0.15) is 5.82 Å². The minimum Gasteiger partial charge on any atom is -0.361 e. The largest absolute Gasteiger partial charge is 0.361 e. The van der Waals surface area contributed by atoms with Gasteiger partial charge in [0.15, 0.2) is 0 Å². The van der Waals surface area contributed by atoms with E-state index in [1.807, 2.05) is 30.5 Å². The quantitative estimate of drug-likeness (QED) is 0.475. The molecule has 0 radical (unpaired) electrons. The zero-order valence-corrected chi connectivity index (χ0v) is 6.99. The van der Waals surface area contributed by atoms with E-state index in [0.717, 1.165) is 11.3 Å². The number of H-pyrrole nitrogens is 1. The SMILES string of the molecule is NNc1ccc(-c2ccc[nH]2)cn1. The number of aromatic amines is 1. The van der Waals surface area contributed by atoms with Crippen molar-refractivity contribution in [2.45, 2.75) is 0 Å². The van der Waals surface area contributed by atoms with Crippen molar-refractivity contribution in [2.75, 3.05) is 5.43 Å². The standard InChI is InChI=1S/C9H10N4/c10-13-9-4-3-7(6-12-9)8-2-1-5-11-8/h1-6,11H,10H2,(H,12,13). The van der Waals surface area contributed by atoms with Crippen LogP contribution in [0.25, 0.3) is 11.3 Å². The molecule has 2 heterocycles. The fraction of sp³-hybridized carbons (Fsp3) is 0. The van der Waals surface area contributed by atoms with Crippen molar-refractivity contribution in [1.82, 2.24) is 9.97 Å². The summed E-state index contributed by atoms with van der Waals surface area (Å²) >= 11 is 0. The highest BCUT2D eigenvalue weighted by molar-refractivity contribution is 5.59. The molecule has 0 saturated heterocycles. The van der Waals surface area contributed by atoms with E-state index >= 15 is 0 Å². The highest BCUT2D eigenvalue weighted by atomic mass is 15.2. The van der Waals surface area contributed by atoms with Gasteiger partial charge in [0.05, 0.1) is 0 Å². The average molecular weight is 174 g/mol. The molecule has 0 saturated carbocycles. The molecule has 4 nitrogen and oxygen atoms in total. The minimum atomic E-state index is 0.662. The van der Waals surface area contributed by atoms with Crippen LogP contribution in [-0.2, 0) is 0 Å². The van der Waals surface area contributed by atoms with Gasteiger partial charge in [-0.25, -0.2) is 10.8 Å². The zero-order valence-electron chi connectivity index (χ0n) is 6.99. The Morgan fingerprint density at radius 2 is 2.23 bits per heavy atom. The zero-order chi connectivity index (χ0) is 9.10. The maximum atomic E-state index is 5.20. The number of hydrogen-bond donors (Lipinski definition) is 3. The molecule has 0 atom stereocenters. The molecule has 13 heavy (non-hydrogen) atoms. The van der Waals surface area contributed by atoms with Crippen LogP contribution in [0.4, 0.5) is 5.82 Å². The summed E-state index contributed by atoms with van der Waals surface area (Å²) in [5.74, 6) is 5.86. The summed E-state index contributed by atoms with van der Waals surface area (Å²) < 4.78 is 0. The summed E-state index contributed by atoms with van der Waals surface area (Å²) in [6.45, 7) is 0. The Kier molecular flexibility index (Phi) is 1.97. The predicted octanol–water partition coefficient (Wildman–Crippen LogP) is 1.36. The number of hydrogen-bond acceptors (Lipinski definition) is 3. The highest BCUT2D eigenvalue weighted by Gasteiger charge is 1.97. The van der Waals surface area contributed by atoms with Gasteiger partial charge in [0, 0.05) is 23.7 Å². The van der Waals surface area contributed by atoms with Gasteiger partial charge in [-0.1, -0.05) is 0 Å². The fourth-order valence-electron chi connectivity index (χ4n) is 1.15. The summed E-state index contributed by atoms with van der Waals surface area (Å²) in [6, 6.07) is 7.72. The van der Waals surface area contributed by atoms with E-state index in [1.54, 1.807) is 6.20 Å². The van der Waals surface area contributed by atoms with Crippen LogP contribution in [0.5, 0.6) is 0 Å². The number of rotatable bonds is 2. The first-order valence-electron chi connectivity index (χ1n) is 3.96. The Morgan fingerprint density at radius 1 is 1.31 bits per heavy atom. The Balaban J connectivity index is 2.33. The number of nitrogens with zero attached hydrogens (tertiary/aromatic N) is 1. The number of nitrogen functional groups attached to an aromatic ring is 1. The summed E-state index contributed by atoms with van der Waals surface area (Å²) in [4.78, 5) is 7.20. The molecular weight excluding hydrogens is 164 g/mol. The lowest BCUT2D eigenvalue weighted by molar-refractivity contribution is 1.22. The van der Waals surface area contributed by atoms with Gasteiger partial charge in [-0.15, -0.1) is 0 Å². The van der Waals surface area contributed by atoms with Crippen LogP contribution >= 0.6 is 0 Å². The first-order valence-corrected chi connectivity index (χ1v) is 3.96. The molecule has 0 aliphatic carbocycles. The van der Waals surface area contributed by atoms with Crippen LogP contribution in [0.2, 0.25) is 0 Å². The first kappa shape index (κ1) is 7.82. The Morgan fingerprint density at radius 3 is 2.77 bits per heavy atom. The lowest BCUT2D eigenvalue weighted by Crippen LogP contribution is -2.07. The Bertz CT molecular complexity index is 363. The molecule has 0 amide bonds. The van der Waals surface area contributed by atoms with Crippen molar-refractivity contribution in [2.24, 2.45) is 5.84 Å². The van der Waals surface area contributed by atoms with Gasteiger partial charge in [-0.3, -0.25) is 0 Å². The molecule has 0 unspecified atom stereocenters. The van der Waals surface area contributed by atoms with Crippen molar-refractivity contribution < 1.29 is 0 Å². The third-order valence-corrected chi connectivity index (χ3v) is 1.82. The summed E-state index contributed by atoms with van der Waals surface area (Å²) in [6.07, 6.45) is 3.64. The van der Waals surface area contributed by atoms with Gasteiger partial charge in [0.25, 0.3) is 0 Å². The summed E-state index contributed by atoms with van der Waals surface area (Å²) in [7, 11) is 0. The van der Waals surface area contributed by atoms with Crippen molar-refractivity contribution in [3.05, 3.63) is 36.7 Å². The van der Waals surface area contributed by atoms with Crippen LogP contribution < -0.4 is 11.3 Å². The molecule has 0 aliphatic heterocycles. The smallest absolute Gasteiger partial charge is 0.139 e. The van der Waals surface area contributed by atoms with Crippen LogP contribution in [0.1, 0.15) is 0 Å². The predicted molar refractivity (Wildman–Crippen MR) is 51.8 cm³/mol. The van der Waals surface area contributed by atoms with Crippen molar-refractivity contribution in [1.29, 1.82) is 0 Å². The van der Waals surface area contributed by atoms with E-state index < -0.39 is 0 Å². The maximum Gasteiger partial charge on any atom is 0.139 e. The second-order valence-electron chi connectivity index (χ2n) is 2.66. The second-order valence-corrected chi connectivity index (χ2v) is 2.66. The van der Waals surface area contributed by atoms with Crippen LogP contribution in [0.3, 0.4) is 0 Å². The molecule has 0 bridgehead atoms. The van der Waals surface area contributed by atoms with Gasteiger partial charge >= 0.3 is 0 Å². The molecule has 2 aromatic rings. The molecule has 2 aromatic heterocycles. The summed E-state index contributed by atoms with van der Waals surface area (Å²) in [5, 5.41) is 0. The van der Waals surface area contributed by atoms with Crippen molar-refractivity contribution >= 4 is 5.82 Å². The molecule has 66 valence electrons. The molecule has 0 spiro atoms. The second kappa shape index (κ2) is 3.28. The monoisotopic (exact) mass is 174 g/mol. The van der Waals surface area contributed by atoms with Gasteiger partial charge < -0.3 is 10.4 Å². The molecule has 0 fully saturated rings. The molecule has 4 heteroatoms. The normalized spacial score (nSPS) is 9.92. The molecule has 0 aromatic carbocycles. The lowest BCUT2D eigenvalue weighted by Gasteiger charge is -2.00. The highest BCUT2D eigenvalue weighted by Crippen LogP contribution is 2.16. The maximum absolute atomic E-state index is 5.20. The van der Waals surface area contributed by atoms with E-state index in [0.29, 0.717) is 5.82 Å². The van der Waals surface area contributed by atoms with Crippen LogP contribution in [0, 0.1) is 0 Å². The van der Waals surface area contributed by atoms with Gasteiger partial charge in [-0.05, 0) is 24.3 Å². The average Bonchev–Trinajstić information content (AvgIpc) is 2.71. The number of nitrogens with one attached hydrogen (secondary N) is 2. The van der Waals surface area contributed by atoms with E-state index in [1.165, 1.54) is 0 Å². The first-order chi connectivity index (χ1) is 6.40. The van der Waals surface area contributed by atoms with Crippen LogP contribution in [-0.4, -0.2) is 9.97 Å². The third kappa shape index (κ3) is 1.52. The van der Waals surface area contributed by atoms with Gasteiger partial charge in [0.2, 0.25) is 0 Å². The number of aromatic nitrogens is 2. The van der Waals surface area contributed by atoms with E-state index in [9.17, 15) is 0 Å². The topological polar surface area (TPSA) is 66.7 Å². The Hall–Kier alpha value is -1.81. The molecule has 4 N–H and O–H groups in total. The number of nitrogens with two attached hydrogens (primary N) is 1. The fourth-order valence-corrected chi connectivity index (χ4v) is 1.15. The summed E-state index contributed by atoms with van der Waals surface area (Å²) in [5.41, 5.74) is 4.58. The number of hydrazine groups is 1. The number of anilines is 1. The van der Waals surface area contributed by atoms with Gasteiger partial charge in [-0.2, -0.15) is 0 Å².